The van der Waals surface area contributed by atoms with Crippen LogP contribution in [0.1, 0.15) is 44.9 Å². The van der Waals surface area contributed by atoms with E-state index in [1.807, 2.05) is 0 Å². The van der Waals surface area contributed by atoms with E-state index in [2.05, 4.69) is 4.99 Å². The summed E-state index contributed by atoms with van der Waals surface area (Å²) in [7, 11) is 0. The fraction of sp³-hybridized carbons (Fsp3) is 0.222. The number of ether oxygens (including phenoxy) is 3. The fourth-order valence-corrected chi connectivity index (χ4v) is 5.31. The molecule has 1 atom stereocenters. The molecule has 38 heavy (non-hydrogen) atoms. The van der Waals surface area contributed by atoms with E-state index in [1.165, 1.54) is 30.5 Å². The Bertz CT molecular complexity index is 1670. The highest BCUT2D eigenvalue weighted by Crippen LogP contribution is 2.34. The maximum Gasteiger partial charge on any atom is 0.338 e. The lowest BCUT2D eigenvalue weighted by Crippen LogP contribution is -2.40. The first-order valence-corrected chi connectivity index (χ1v) is 12.7. The molecule has 0 saturated carbocycles. The van der Waals surface area contributed by atoms with Crippen LogP contribution >= 0.6 is 22.9 Å². The van der Waals surface area contributed by atoms with Gasteiger partial charge in [0.1, 0.15) is 17.5 Å². The summed E-state index contributed by atoms with van der Waals surface area (Å²) in [5.74, 6) is -1.43. The zero-order chi connectivity index (χ0) is 27.6. The van der Waals surface area contributed by atoms with Crippen LogP contribution in [-0.2, 0) is 19.1 Å². The highest BCUT2D eigenvalue weighted by Gasteiger charge is 2.34. The topological polar surface area (TPSA) is 113 Å². The highest BCUT2D eigenvalue weighted by molar-refractivity contribution is 7.07. The van der Waals surface area contributed by atoms with Crippen molar-refractivity contribution in [3.05, 3.63) is 89.6 Å². The van der Waals surface area contributed by atoms with Crippen LogP contribution in [0, 0.1) is 0 Å². The van der Waals surface area contributed by atoms with Gasteiger partial charge in [-0.3, -0.25) is 19.0 Å². The monoisotopic (exact) mass is 554 g/mol. The van der Waals surface area contributed by atoms with Crippen molar-refractivity contribution in [1.29, 1.82) is 0 Å². The van der Waals surface area contributed by atoms with Gasteiger partial charge in [0, 0.05) is 30.5 Å². The molecule has 196 valence electrons. The second-order valence-corrected chi connectivity index (χ2v) is 9.63. The molecule has 0 fully saturated rings. The van der Waals surface area contributed by atoms with E-state index in [-0.39, 0.29) is 28.2 Å². The Labute approximate surface area is 226 Å². The number of aromatic nitrogens is 1. The molecule has 0 bridgehead atoms. The van der Waals surface area contributed by atoms with Crippen molar-refractivity contribution < 1.29 is 28.6 Å². The molecule has 2 heterocycles. The number of nitrogens with zero attached hydrogens (tertiary/aromatic N) is 2. The van der Waals surface area contributed by atoms with Crippen LogP contribution in [0.25, 0.3) is 6.08 Å². The number of carbonyl (C=O) groups excluding carboxylic acids is 3. The van der Waals surface area contributed by atoms with Crippen LogP contribution in [0.5, 0.6) is 11.5 Å². The molecule has 0 radical (unpaired) electrons. The Morgan fingerprint density at radius 1 is 1.11 bits per heavy atom. The predicted molar refractivity (Wildman–Crippen MR) is 141 cm³/mol. The molecular weight excluding hydrogens is 532 g/mol. The Kier molecular flexibility index (Phi) is 7.94. The first kappa shape index (κ1) is 27.0. The zero-order valence-electron chi connectivity index (χ0n) is 20.9. The van der Waals surface area contributed by atoms with E-state index in [0.717, 1.165) is 11.3 Å². The average Bonchev–Trinajstić information content (AvgIpc) is 3.14. The van der Waals surface area contributed by atoms with Crippen LogP contribution in [0.3, 0.4) is 0 Å². The van der Waals surface area contributed by atoms with Crippen molar-refractivity contribution in [1.82, 2.24) is 4.57 Å². The normalized spacial score (nSPS) is 15.0. The molecule has 3 aromatic rings. The fourth-order valence-electron chi connectivity index (χ4n) is 4.03. The van der Waals surface area contributed by atoms with Crippen molar-refractivity contribution in [2.24, 2.45) is 4.99 Å². The minimum Gasteiger partial charge on any atom is -0.463 e. The molecule has 0 amide bonds. The number of thiazole rings is 1. The molecular formula is C27H23ClN2O7S. The molecule has 9 nitrogen and oxygen atoms in total. The predicted octanol–water partition coefficient (Wildman–Crippen LogP) is 3.30. The summed E-state index contributed by atoms with van der Waals surface area (Å²) >= 11 is 7.63. The van der Waals surface area contributed by atoms with Gasteiger partial charge >= 0.3 is 17.9 Å². The second-order valence-electron chi connectivity index (χ2n) is 8.21. The first-order chi connectivity index (χ1) is 18.1. The second kappa shape index (κ2) is 11.2. The van der Waals surface area contributed by atoms with Crippen molar-refractivity contribution in [3.8, 4) is 11.5 Å². The third-order valence-electron chi connectivity index (χ3n) is 5.50. The van der Waals surface area contributed by atoms with Crippen molar-refractivity contribution in [2.75, 3.05) is 6.61 Å². The van der Waals surface area contributed by atoms with Crippen molar-refractivity contribution >= 4 is 46.9 Å². The van der Waals surface area contributed by atoms with E-state index >= 15 is 0 Å². The molecule has 1 aliphatic heterocycles. The standard InChI is InChI=1S/C27H23ClN2O7S/c1-5-35-26(34)23-14(2)29-27-30(24(23)19-8-6-7-9-20(19)28)25(33)22(38-27)12-17-10-11-18(36-15(3)31)13-21(17)37-16(4)32/h6-13,24H,5H2,1-4H3. The summed E-state index contributed by atoms with van der Waals surface area (Å²) in [5, 5.41) is 0.377. The van der Waals surface area contributed by atoms with Crippen LogP contribution in [0.15, 0.2) is 63.5 Å². The summed E-state index contributed by atoms with van der Waals surface area (Å²) in [6.45, 7) is 6.01. The summed E-state index contributed by atoms with van der Waals surface area (Å²) in [5.41, 5.74) is 1.14. The Morgan fingerprint density at radius 2 is 1.82 bits per heavy atom. The van der Waals surface area contributed by atoms with Gasteiger partial charge < -0.3 is 14.2 Å². The van der Waals surface area contributed by atoms with E-state index in [0.29, 0.717) is 26.6 Å². The van der Waals surface area contributed by atoms with Crippen LogP contribution in [0.2, 0.25) is 5.02 Å². The lowest BCUT2D eigenvalue weighted by atomic mass is 9.96. The number of allylic oxidation sites excluding steroid dienone is 1. The third kappa shape index (κ3) is 5.46. The van der Waals surface area contributed by atoms with Gasteiger partial charge in [0.25, 0.3) is 5.56 Å². The largest absolute Gasteiger partial charge is 0.463 e. The van der Waals surface area contributed by atoms with Gasteiger partial charge in [-0.25, -0.2) is 9.79 Å². The molecule has 0 spiro atoms. The van der Waals surface area contributed by atoms with Crippen LogP contribution < -0.4 is 24.4 Å². The van der Waals surface area contributed by atoms with E-state index < -0.39 is 29.5 Å². The molecule has 1 unspecified atom stereocenters. The molecule has 4 rings (SSSR count). The van der Waals surface area contributed by atoms with Gasteiger partial charge in [0.15, 0.2) is 4.80 Å². The SMILES string of the molecule is CCOC(=O)C1=C(C)N=c2sc(=Cc3ccc(OC(C)=O)cc3OC(C)=O)c(=O)n2C1c1ccccc1Cl. The molecule has 1 aromatic heterocycles. The Morgan fingerprint density at radius 3 is 2.47 bits per heavy atom. The van der Waals surface area contributed by atoms with Gasteiger partial charge in [-0.2, -0.15) is 0 Å². The maximum absolute atomic E-state index is 13.8. The number of hydrogen-bond acceptors (Lipinski definition) is 9. The number of rotatable bonds is 6. The van der Waals surface area contributed by atoms with Crippen molar-refractivity contribution in [2.45, 2.75) is 33.7 Å². The number of benzene rings is 2. The van der Waals surface area contributed by atoms with E-state index in [1.54, 1.807) is 50.3 Å². The maximum atomic E-state index is 13.8. The molecule has 0 saturated heterocycles. The van der Waals surface area contributed by atoms with Crippen molar-refractivity contribution in [3.63, 3.8) is 0 Å². The van der Waals surface area contributed by atoms with Gasteiger partial charge in [0.05, 0.1) is 22.4 Å². The summed E-state index contributed by atoms with van der Waals surface area (Å²) in [6, 6.07) is 10.6. The lowest BCUT2D eigenvalue weighted by molar-refractivity contribution is -0.139. The van der Waals surface area contributed by atoms with Gasteiger partial charge in [0.2, 0.25) is 0 Å². The Balaban J connectivity index is 1.94. The summed E-state index contributed by atoms with van der Waals surface area (Å²) in [4.78, 5) is 54.7. The minimum absolute atomic E-state index is 0.105. The minimum atomic E-state index is -0.861. The van der Waals surface area contributed by atoms with E-state index in [9.17, 15) is 19.2 Å². The van der Waals surface area contributed by atoms with Crippen LogP contribution in [-0.4, -0.2) is 29.1 Å². The number of hydrogen-bond donors (Lipinski definition) is 0. The molecule has 2 aromatic carbocycles. The number of esters is 3. The quantitative estimate of drug-likeness (QED) is 0.339. The van der Waals surface area contributed by atoms with Gasteiger partial charge in [-0.1, -0.05) is 41.1 Å². The smallest absolute Gasteiger partial charge is 0.338 e. The number of carbonyl (C=O) groups is 3. The first-order valence-electron chi connectivity index (χ1n) is 11.6. The molecule has 0 aliphatic carbocycles. The average molecular weight is 555 g/mol. The molecule has 11 heteroatoms. The van der Waals surface area contributed by atoms with Crippen LogP contribution in [0.4, 0.5) is 0 Å². The number of fused-ring (bicyclic) bond motifs is 1. The zero-order valence-corrected chi connectivity index (χ0v) is 22.5. The number of halogens is 1. The van der Waals surface area contributed by atoms with Gasteiger partial charge in [-0.05, 0) is 43.7 Å². The summed E-state index contributed by atoms with van der Waals surface area (Å²) in [6.07, 6.45) is 1.55. The van der Waals surface area contributed by atoms with E-state index in [4.69, 9.17) is 25.8 Å². The molecule has 0 N–H and O–H groups in total. The highest BCUT2D eigenvalue weighted by atomic mass is 35.5. The molecule has 1 aliphatic rings. The Hall–Kier alpha value is -4.02. The lowest BCUT2D eigenvalue weighted by Gasteiger charge is -2.25. The summed E-state index contributed by atoms with van der Waals surface area (Å²) < 4.78 is 17.4. The van der Waals surface area contributed by atoms with Gasteiger partial charge in [-0.15, -0.1) is 0 Å². The third-order valence-corrected chi connectivity index (χ3v) is 6.83.